The molecule has 1 aliphatic rings. The summed E-state index contributed by atoms with van der Waals surface area (Å²) in [7, 11) is -3.13. The molecule has 0 radical (unpaired) electrons. The van der Waals surface area contributed by atoms with Crippen LogP contribution in [0.5, 0.6) is 0 Å². The summed E-state index contributed by atoms with van der Waals surface area (Å²) in [5.74, 6) is 0. The van der Waals surface area contributed by atoms with Crippen LogP contribution >= 0.6 is 0 Å². The topological polar surface area (TPSA) is 49.4 Å². The van der Waals surface area contributed by atoms with Crippen LogP contribution in [0.1, 0.15) is 18.0 Å². The van der Waals surface area contributed by atoms with Gasteiger partial charge in [0.05, 0.1) is 4.90 Å². The third-order valence-corrected chi connectivity index (χ3v) is 4.80. The molecule has 1 heterocycles. The van der Waals surface area contributed by atoms with Gasteiger partial charge in [0.1, 0.15) is 0 Å². The van der Waals surface area contributed by atoms with Crippen LogP contribution in [0.4, 0.5) is 0 Å². The molecule has 0 aliphatic carbocycles. The summed E-state index contributed by atoms with van der Waals surface area (Å²) in [6.07, 6.45) is 4.04. The second kappa shape index (κ2) is 6.52. The van der Waals surface area contributed by atoms with Crippen LogP contribution in [0.25, 0.3) is 0 Å². The van der Waals surface area contributed by atoms with Crippen molar-refractivity contribution >= 4 is 9.84 Å². The van der Waals surface area contributed by atoms with Crippen molar-refractivity contribution in [2.24, 2.45) is 0 Å². The average molecular weight is 294 g/mol. The Bertz CT molecular complexity index is 546. The van der Waals surface area contributed by atoms with Gasteiger partial charge in [-0.3, -0.25) is 4.90 Å². The SMILES string of the molecule is C=CC[C@@H](c1ccc(S(C)(=O)=O)cc1)N1CCNCC1. The lowest BCUT2D eigenvalue weighted by atomic mass is 10.0. The molecule has 1 aromatic rings. The molecule has 0 aromatic heterocycles. The molecule has 20 heavy (non-hydrogen) atoms. The van der Waals surface area contributed by atoms with Gasteiger partial charge in [-0.05, 0) is 24.1 Å². The van der Waals surface area contributed by atoms with Crippen LogP contribution in [0.15, 0.2) is 41.8 Å². The van der Waals surface area contributed by atoms with Crippen molar-refractivity contribution in [3.63, 3.8) is 0 Å². The van der Waals surface area contributed by atoms with E-state index >= 15 is 0 Å². The summed E-state index contributed by atoms with van der Waals surface area (Å²) in [5, 5.41) is 3.35. The van der Waals surface area contributed by atoms with Crippen molar-refractivity contribution in [2.45, 2.75) is 17.4 Å². The first kappa shape index (κ1) is 15.2. The Balaban J connectivity index is 2.22. The van der Waals surface area contributed by atoms with Crippen molar-refractivity contribution in [1.82, 2.24) is 10.2 Å². The number of benzene rings is 1. The van der Waals surface area contributed by atoms with Gasteiger partial charge in [0.2, 0.25) is 0 Å². The fraction of sp³-hybridized carbons (Fsp3) is 0.467. The highest BCUT2D eigenvalue weighted by Gasteiger charge is 2.21. The minimum absolute atomic E-state index is 0.281. The van der Waals surface area contributed by atoms with E-state index in [1.165, 1.54) is 6.26 Å². The molecule has 1 N–H and O–H groups in total. The van der Waals surface area contributed by atoms with Crippen LogP contribution in [-0.2, 0) is 9.84 Å². The zero-order valence-electron chi connectivity index (χ0n) is 11.9. The second-order valence-electron chi connectivity index (χ2n) is 5.17. The molecule has 1 aromatic carbocycles. The molecule has 2 rings (SSSR count). The molecule has 110 valence electrons. The van der Waals surface area contributed by atoms with E-state index < -0.39 is 9.84 Å². The molecular weight excluding hydrogens is 272 g/mol. The predicted octanol–water partition coefficient (Wildman–Crippen LogP) is 1.61. The first-order chi connectivity index (χ1) is 9.52. The number of hydrogen-bond donors (Lipinski definition) is 1. The molecule has 1 aliphatic heterocycles. The van der Waals surface area contributed by atoms with Crippen LogP contribution in [0, 0.1) is 0 Å². The zero-order valence-corrected chi connectivity index (χ0v) is 12.7. The van der Waals surface area contributed by atoms with Crippen LogP contribution < -0.4 is 5.32 Å². The molecule has 0 saturated carbocycles. The van der Waals surface area contributed by atoms with E-state index in [2.05, 4.69) is 16.8 Å². The minimum atomic E-state index is -3.13. The van der Waals surface area contributed by atoms with Gasteiger partial charge in [-0.25, -0.2) is 8.42 Å². The lowest BCUT2D eigenvalue weighted by molar-refractivity contribution is 0.174. The van der Waals surface area contributed by atoms with Gasteiger partial charge >= 0.3 is 0 Å². The maximum Gasteiger partial charge on any atom is 0.175 e. The summed E-state index contributed by atoms with van der Waals surface area (Å²) in [5.41, 5.74) is 1.15. The van der Waals surface area contributed by atoms with Crippen molar-refractivity contribution in [1.29, 1.82) is 0 Å². The Labute approximate surface area is 121 Å². The van der Waals surface area contributed by atoms with E-state index in [4.69, 9.17) is 0 Å². The Morgan fingerprint density at radius 2 is 1.90 bits per heavy atom. The van der Waals surface area contributed by atoms with Gasteiger partial charge in [-0.15, -0.1) is 6.58 Å². The summed E-state index contributed by atoms with van der Waals surface area (Å²) in [6.45, 7) is 7.84. The van der Waals surface area contributed by atoms with Crippen LogP contribution in [0.3, 0.4) is 0 Å². The number of rotatable bonds is 5. The molecule has 1 fully saturated rings. The second-order valence-corrected chi connectivity index (χ2v) is 7.18. The van der Waals surface area contributed by atoms with E-state index in [1.807, 2.05) is 18.2 Å². The summed E-state index contributed by atoms with van der Waals surface area (Å²) in [6, 6.07) is 7.52. The highest BCUT2D eigenvalue weighted by atomic mass is 32.2. The van der Waals surface area contributed by atoms with E-state index in [0.29, 0.717) is 4.90 Å². The maximum absolute atomic E-state index is 11.5. The molecule has 4 nitrogen and oxygen atoms in total. The summed E-state index contributed by atoms with van der Waals surface area (Å²) >= 11 is 0. The number of sulfone groups is 1. The number of hydrogen-bond acceptors (Lipinski definition) is 4. The Morgan fingerprint density at radius 3 is 2.40 bits per heavy atom. The predicted molar refractivity (Wildman–Crippen MR) is 81.5 cm³/mol. The normalized spacial score (nSPS) is 18.6. The lowest BCUT2D eigenvalue weighted by Crippen LogP contribution is -2.45. The third-order valence-electron chi connectivity index (χ3n) is 3.68. The van der Waals surface area contributed by atoms with Gasteiger partial charge in [0.15, 0.2) is 9.84 Å². The third kappa shape index (κ3) is 3.69. The van der Waals surface area contributed by atoms with Crippen LogP contribution in [0.2, 0.25) is 0 Å². The van der Waals surface area contributed by atoms with E-state index in [1.54, 1.807) is 12.1 Å². The highest BCUT2D eigenvalue weighted by molar-refractivity contribution is 7.90. The maximum atomic E-state index is 11.5. The van der Waals surface area contributed by atoms with Crippen molar-refractivity contribution in [3.8, 4) is 0 Å². The number of nitrogens with one attached hydrogen (secondary N) is 1. The van der Waals surface area contributed by atoms with Crippen molar-refractivity contribution in [3.05, 3.63) is 42.5 Å². The Kier molecular flexibility index (Phi) is 4.96. The lowest BCUT2D eigenvalue weighted by Gasteiger charge is -2.34. The highest BCUT2D eigenvalue weighted by Crippen LogP contribution is 2.26. The number of nitrogens with zero attached hydrogens (tertiary/aromatic N) is 1. The minimum Gasteiger partial charge on any atom is -0.314 e. The molecule has 1 atom stereocenters. The van der Waals surface area contributed by atoms with E-state index in [9.17, 15) is 8.42 Å². The number of piperazine rings is 1. The van der Waals surface area contributed by atoms with Gasteiger partial charge in [-0.1, -0.05) is 18.2 Å². The zero-order chi connectivity index (χ0) is 14.6. The Hall–Kier alpha value is -1.17. The molecule has 5 heteroatoms. The van der Waals surface area contributed by atoms with Crippen molar-refractivity contribution in [2.75, 3.05) is 32.4 Å². The molecule has 0 unspecified atom stereocenters. The van der Waals surface area contributed by atoms with Crippen LogP contribution in [-0.4, -0.2) is 45.8 Å². The smallest absolute Gasteiger partial charge is 0.175 e. The molecule has 0 bridgehead atoms. The van der Waals surface area contributed by atoms with E-state index in [-0.39, 0.29) is 6.04 Å². The fourth-order valence-corrected chi connectivity index (χ4v) is 3.22. The Morgan fingerprint density at radius 1 is 1.30 bits per heavy atom. The van der Waals surface area contributed by atoms with Gasteiger partial charge in [-0.2, -0.15) is 0 Å². The first-order valence-corrected chi connectivity index (χ1v) is 8.77. The molecule has 1 saturated heterocycles. The van der Waals surface area contributed by atoms with Gasteiger partial charge in [0.25, 0.3) is 0 Å². The van der Waals surface area contributed by atoms with E-state index in [0.717, 1.165) is 38.2 Å². The molecule has 0 spiro atoms. The van der Waals surface area contributed by atoms with Crippen molar-refractivity contribution < 1.29 is 8.42 Å². The largest absolute Gasteiger partial charge is 0.314 e. The quantitative estimate of drug-likeness (QED) is 0.838. The average Bonchev–Trinajstić information content (AvgIpc) is 2.45. The van der Waals surface area contributed by atoms with Gasteiger partial charge in [0, 0.05) is 38.5 Å². The molecular formula is C15H22N2O2S. The standard InChI is InChI=1S/C15H22N2O2S/c1-3-4-15(17-11-9-16-10-12-17)13-5-7-14(8-6-13)20(2,18)19/h3,5-8,15-16H,1,4,9-12H2,2H3/t15-/m0/s1. The van der Waals surface area contributed by atoms with Gasteiger partial charge < -0.3 is 5.32 Å². The first-order valence-electron chi connectivity index (χ1n) is 6.88. The fourth-order valence-electron chi connectivity index (χ4n) is 2.58. The summed E-state index contributed by atoms with van der Waals surface area (Å²) in [4.78, 5) is 2.80. The monoisotopic (exact) mass is 294 g/mol. The molecule has 0 amide bonds. The summed E-state index contributed by atoms with van der Waals surface area (Å²) < 4.78 is 23.0.